The van der Waals surface area contributed by atoms with Gasteiger partial charge in [0.25, 0.3) is 0 Å². The van der Waals surface area contributed by atoms with Crippen LogP contribution in [0.4, 0.5) is 0 Å². The molecule has 0 atom stereocenters. The first-order chi connectivity index (χ1) is 12.6. The van der Waals surface area contributed by atoms with Crippen LogP contribution in [0, 0.1) is 0 Å². The molecule has 0 aliphatic heterocycles. The quantitative estimate of drug-likeness (QED) is 0.338. The van der Waals surface area contributed by atoms with E-state index in [0.29, 0.717) is 5.84 Å². The van der Waals surface area contributed by atoms with Gasteiger partial charge in [0.15, 0.2) is 5.84 Å². The Hall–Kier alpha value is -3.26. The van der Waals surface area contributed by atoms with E-state index >= 15 is 0 Å². The first-order valence-electron chi connectivity index (χ1n) is 8.48. The zero-order chi connectivity index (χ0) is 18.8. The van der Waals surface area contributed by atoms with Crippen molar-refractivity contribution in [2.75, 3.05) is 0 Å². The Kier molecular flexibility index (Phi) is 7.26. The third kappa shape index (κ3) is 5.99. The first kappa shape index (κ1) is 19.1. The summed E-state index contributed by atoms with van der Waals surface area (Å²) in [5.41, 5.74) is 4.68. The van der Waals surface area contributed by atoms with Crippen molar-refractivity contribution >= 4 is 12.6 Å². The second-order valence-corrected chi connectivity index (χ2v) is 5.94. The van der Waals surface area contributed by atoms with Gasteiger partial charge in [0.2, 0.25) is 0 Å². The molecule has 0 fully saturated rings. The monoisotopic (exact) mass is 340 g/mol. The topological polar surface area (TPSA) is 24.7 Å². The fraction of sp³-hybridized carbons (Fsp3) is 0.0833. The number of allylic oxidation sites excluding steroid dienone is 4. The average Bonchev–Trinajstić information content (AvgIpc) is 2.68. The summed E-state index contributed by atoms with van der Waals surface area (Å²) in [7, 11) is 0. The highest BCUT2D eigenvalue weighted by Gasteiger charge is 2.04. The Morgan fingerprint density at radius 2 is 1.54 bits per heavy atom. The maximum absolute atomic E-state index is 4.73. The number of amidine groups is 1. The summed E-state index contributed by atoms with van der Waals surface area (Å²) in [5.74, 6) is 0.579. The summed E-state index contributed by atoms with van der Waals surface area (Å²) in [6.07, 6.45) is 6.68. The molecule has 0 aliphatic rings. The molecule has 0 aliphatic carbocycles. The minimum Gasteiger partial charge on any atom is -0.245 e. The molecule has 2 heteroatoms. The number of nitrogens with zero attached hydrogens (tertiary/aromatic N) is 2. The third-order valence-electron chi connectivity index (χ3n) is 3.68. The molecule has 0 amide bonds. The van der Waals surface area contributed by atoms with E-state index in [2.05, 4.69) is 43.1 Å². The molecule has 130 valence electrons. The van der Waals surface area contributed by atoms with Crippen molar-refractivity contribution in [2.45, 2.75) is 13.3 Å². The maximum atomic E-state index is 4.73. The SMILES string of the molecule is C=N/C(=N\C(=C/Cc1ccccc1)C(=C)/C=C\C(=C)C)c1ccccc1. The first-order valence-corrected chi connectivity index (χ1v) is 8.48. The van der Waals surface area contributed by atoms with Gasteiger partial charge in [-0.05, 0) is 31.2 Å². The van der Waals surface area contributed by atoms with Crippen LogP contribution in [0.5, 0.6) is 0 Å². The zero-order valence-electron chi connectivity index (χ0n) is 15.2. The number of rotatable bonds is 7. The molecule has 0 N–H and O–H groups in total. The second-order valence-electron chi connectivity index (χ2n) is 5.94. The summed E-state index contributed by atoms with van der Waals surface area (Å²) in [6.45, 7) is 13.7. The third-order valence-corrected chi connectivity index (χ3v) is 3.68. The van der Waals surface area contributed by atoms with Gasteiger partial charge in [-0.2, -0.15) is 0 Å². The van der Waals surface area contributed by atoms with Gasteiger partial charge in [-0.15, -0.1) is 0 Å². The van der Waals surface area contributed by atoms with Crippen molar-refractivity contribution in [1.29, 1.82) is 0 Å². The van der Waals surface area contributed by atoms with E-state index in [1.165, 1.54) is 5.56 Å². The van der Waals surface area contributed by atoms with Crippen LogP contribution in [0.2, 0.25) is 0 Å². The fourth-order valence-electron chi connectivity index (χ4n) is 2.30. The van der Waals surface area contributed by atoms with Crippen LogP contribution in [0.3, 0.4) is 0 Å². The molecule has 2 aromatic carbocycles. The van der Waals surface area contributed by atoms with Crippen molar-refractivity contribution in [3.05, 3.63) is 120 Å². The Bertz CT molecular complexity index is 854. The molecular formula is C24H24N2. The summed E-state index contributed by atoms with van der Waals surface area (Å²) >= 11 is 0. The van der Waals surface area contributed by atoms with Crippen molar-refractivity contribution < 1.29 is 0 Å². The Morgan fingerprint density at radius 3 is 2.12 bits per heavy atom. The summed E-state index contributed by atoms with van der Waals surface area (Å²) in [4.78, 5) is 8.83. The van der Waals surface area contributed by atoms with Crippen molar-refractivity contribution in [2.24, 2.45) is 9.98 Å². The highest BCUT2D eigenvalue weighted by Crippen LogP contribution is 2.17. The van der Waals surface area contributed by atoms with E-state index in [-0.39, 0.29) is 0 Å². The molecule has 0 heterocycles. The number of aliphatic imine (C=N–C) groups is 2. The molecule has 2 rings (SSSR count). The molecule has 0 saturated heterocycles. The molecule has 0 unspecified atom stereocenters. The second kappa shape index (κ2) is 9.90. The van der Waals surface area contributed by atoms with Crippen LogP contribution < -0.4 is 0 Å². The minimum absolute atomic E-state index is 0.579. The van der Waals surface area contributed by atoms with Crippen LogP contribution >= 0.6 is 0 Å². The predicted octanol–water partition coefficient (Wildman–Crippen LogP) is 5.95. The van der Waals surface area contributed by atoms with Gasteiger partial charge in [-0.1, -0.05) is 97.6 Å². The van der Waals surface area contributed by atoms with Gasteiger partial charge >= 0.3 is 0 Å². The molecule has 0 bridgehead atoms. The Morgan fingerprint density at radius 1 is 0.923 bits per heavy atom. The Balaban J connectivity index is 2.38. The van der Waals surface area contributed by atoms with Gasteiger partial charge in [-0.3, -0.25) is 0 Å². The lowest BCUT2D eigenvalue weighted by Gasteiger charge is -2.06. The molecule has 0 spiro atoms. The largest absolute Gasteiger partial charge is 0.245 e. The Labute approximate surface area is 156 Å². The molecular weight excluding hydrogens is 316 g/mol. The minimum atomic E-state index is 0.579. The van der Waals surface area contributed by atoms with Crippen molar-refractivity contribution in [3.63, 3.8) is 0 Å². The van der Waals surface area contributed by atoms with E-state index in [1.807, 2.05) is 67.6 Å². The molecule has 0 aromatic heterocycles. The van der Waals surface area contributed by atoms with Gasteiger partial charge < -0.3 is 0 Å². The predicted molar refractivity (Wildman–Crippen MR) is 114 cm³/mol. The number of hydrogen-bond donors (Lipinski definition) is 0. The van der Waals surface area contributed by atoms with E-state index in [1.54, 1.807) is 0 Å². The molecule has 0 saturated carbocycles. The highest BCUT2D eigenvalue weighted by atomic mass is 14.9. The lowest BCUT2D eigenvalue weighted by Crippen LogP contribution is -1.98. The van der Waals surface area contributed by atoms with Gasteiger partial charge in [0, 0.05) is 5.56 Å². The van der Waals surface area contributed by atoms with Crippen LogP contribution in [-0.2, 0) is 6.42 Å². The summed E-state index contributed by atoms with van der Waals surface area (Å²) in [6, 6.07) is 20.1. The maximum Gasteiger partial charge on any atom is 0.159 e. The molecule has 0 radical (unpaired) electrons. The normalized spacial score (nSPS) is 12.2. The van der Waals surface area contributed by atoms with E-state index in [4.69, 9.17) is 4.99 Å². The summed E-state index contributed by atoms with van der Waals surface area (Å²) in [5, 5.41) is 0. The highest BCUT2D eigenvalue weighted by molar-refractivity contribution is 6.02. The van der Waals surface area contributed by atoms with E-state index < -0.39 is 0 Å². The fourth-order valence-corrected chi connectivity index (χ4v) is 2.30. The standard InChI is InChI=1S/C24H24N2/c1-19(2)15-16-20(3)23(18-17-21-11-7-5-8-12-21)26-24(25-4)22-13-9-6-10-14-22/h5-16,18H,1,3-4,17H2,2H3/b16-15-,23-18-,26-24-. The van der Waals surface area contributed by atoms with Crippen LogP contribution in [-0.4, -0.2) is 12.6 Å². The van der Waals surface area contributed by atoms with Crippen LogP contribution in [0.1, 0.15) is 18.1 Å². The number of benzene rings is 2. The average molecular weight is 340 g/mol. The van der Waals surface area contributed by atoms with E-state index in [0.717, 1.165) is 28.8 Å². The van der Waals surface area contributed by atoms with Gasteiger partial charge in [0.05, 0.1) is 5.70 Å². The van der Waals surface area contributed by atoms with Crippen molar-refractivity contribution in [1.82, 2.24) is 0 Å². The van der Waals surface area contributed by atoms with Crippen LogP contribution in [0.25, 0.3) is 0 Å². The molecule has 2 nitrogen and oxygen atoms in total. The molecule has 26 heavy (non-hydrogen) atoms. The van der Waals surface area contributed by atoms with Gasteiger partial charge in [-0.25, -0.2) is 9.98 Å². The van der Waals surface area contributed by atoms with Crippen LogP contribution in [0.15, 0.2) is 119 Å². The van der Waals surface area contributed by atoms with Gasteiger partial charge in [0.1, 0.15) is 0 Å². The molecule has 2 aromatic rings. The number of hydrogen-bond acceptors (Lipinski definition) is 1. The lowest BCUT2D eigenvalue weighted by molar-refractivity contribution is 1.20. The smallest absolute Gasteiger partial charge is 0.159 e. The zero-order valence-corrected chi connectivity index (χ0v) is 15.2. The summed E-state index contributed by atoms with van der Waals surface area (Å²) < 4.78 is 0. The van der Waals surface area contributed by atoms with E-state index in [9.17, 15) is 0 Å². The van der Waals surface area contributed by atoms with Crippen molar-refractivity contribution in [3.8, 4) is 0 Å². The lowest BCUT2D eigenvalue weighted by atomic mass is 10.1.